The molecule has 0 saturated carbocycles. The van der Waals surface area contributed by atoms with Crippen LogP contribution in [0.3, 0.4) is 0 Å². The Hall–Kier alpha value is -3.19. The van der Waals surface area contributed by atoms with Gasteiger partial charge in [0.15, 0.2) is 5.78 Å². The van der Waals surface area contributed by atoms with Crippen LogP contribution in [0, 0.1) is 11.3 Å². The van der Waals surface area contributed by atoms with Gasteiger partial charge in [0, 0.05) is 5.56 Å². The van der Waals surface area contributed by atoms with E-state index in [0.717, 1.165) is 5.56 Å². The molecule has 0 unspecified atom stereocenters. The van der Waals surface area contributed by atoms with E-state index in [-0.39, 0.29) is 12.2 Å². The van der Waals surface area contributed by atoms with Gasteiger partial charge in [-0.3, -0.25) is 9.59 Å². The first kappa shape index (κ1) is 15.2. The van der Waals surface area contributed by atoms with Crippen molar-refractivity contribution in [2.24, 2.45) is 0 Å². The summed E-state index contributed by atoms with van der Waals surface area (Å²) in [5.74, 6) is -1.08. The fourth-order valence-corrected chi connectivity index (χ4v) is 1.94. The normalized spacial score (nSPS) is 10.3. The summed E-state index contributed by atoms with van der Waals surface area (Å²) in [5, 5.41) is 17.5. The van der Waals surface area contributed by atoms with Gasteiger partial charge in [-0.05, 0) is 29.3 Å². The van der Waals surface area contributed by atoms with Crippen molar-refractivity contribution in [3.8, 4) is 6.07 Å². The highest BCUT2D eigenvalue weighted by Crippen LogP contribution is 2.10. The zero-order chi connectivity index (χ0) is 15.9. The van der Waals surface area contributed by atoms with E-state index >= 15 is 0 Å². The average molecular weight is 291 g/mol. The van der Waals surface area contributed by atoms with E-state index in [0.29, 0.717) is 16.7 Å². The number of nitrogens with zero attached hydrogens (tertiary/aromatic N) is 1. The van der Waals surface area contributed by atoms with Crippen LogP contribution in [0.5, 0.6) is 0 Å². The maximum absolute atomic E-state index is 12.0. The van der Waals surface area contributed by atoms with Gasteiger partial charge < -0.3 is 5.11 Å². The van der Waals surface area contributed by atoms with Crippen molar-refractivity contribution in [1.29, 1.82) is 5.26 Å². The molecule has 0 amide bonds. The lowest BCUT2D eigenvalue weighted by molar-refractivity contribution is -0.136. The topological polar surface area (TPSA) is 78.2 Å². The van der Waals surface area contributed by atoms with Gasteiger partial charge in [0.1, 0.15) is 0 Å². The molecule has 108 valence electrons. The third-order valence-corrected chi connectivity index (χ3v) is 3.04. The molecule has 0 aliphatic rings. The predicted octanol–water partition coefficient (Wildman–Crippen LogP) is 3.08. The van der Waals surface area contributed by atoms with Crippen LogP contribution in [-0.4, -0.2) is 16.9 Å². The fraction of sp³-hybridized carbons (Fsp3) is 0.0556. The van der Waals surface area contributed by atoms with Gasteiger partial charge in [-0.25, -0.2) is 0 Å². The number of carboxylic acids is 1. The fourth-order valence-electron chi connectivity index (χ4n) is 1.94. The third-order valence-electron chi connectivity index (χ3n) is 3.04. The summed E-state index contributed by atoms with van der Waals surface area (Å²) in [4.78, 5) is 22.6. The molecular weight excluding hydrogens is 278 g/mol. The average Bonchev–Trinajstić information content (AvgIpc) is 2.53. The summed E-state index contributed by atoms with van der Waals surface area (Å²) < 4.78 is 0. The van der Waals surface area contributed by atoms with Crippen molar-refractivity contribution in [1.82, 2.24) is 0 Å². The van der Waals surface area contributed by atoms with Gasteiger partial charge in [-0.2, -0.15) is 5.26 Å². The van der Waals surface area contributed by atoms with Crippen LogP contribution in [-0.2, 0) is 11.2 Å². The van der Waals surface area contributed by atoms with Crippen molar-refractivity contribution < 1.29 is 14.7 Å². The van der Waals surface area contributed by atoms with Gasteiger partial charge in [0.25, 0.3) is 0 Å². The molecule has 0 radical (unpaired) electrons. The summed E-state index contributed by atoms with van der Waals surface area (Å²) in [6.07, 6.45) is 3.02. The quantitative estimate of drug-likeness (QED) is 0.678. The summed E-state index contributed by atoms with van der Waals surface area (Å²) in [6, 6.07) is 15.5. The van der Waals surface area contributed by atoms with Crippen molar-refractivity contribution in [2.45, 2.75) is 6.42 Å². The second kappa shape index (κ2) is 7.00. The summed E-state index contributed by atoms with van der Waals surface area (Å²) in [5.41, 5.74) is 2.44. The third kappa shape index (κ3) is 4.15. The van der Waals surface area contributed by atoms with E-state index in [1.165, 1.54) is 6.08 Å². The standard InChI is InChI=1S/C18H13NO3/c19-12-15-3-1-2-13(10-15)6-9-17(20)16-7-4-14(5-8-16)11-18(21)22/h1-10H,11H2,(H,21,22)/b9-6+. The molecule has 0 atom stereocenters. The molecule has 0 fully saturated rings. The zero-order valence-electron chi connectivity index (χ0n) is 11.7. The maximum atomic E-state index is 12.0. The van der Waals surface area contributed by atoms with E-state index in [4.69, 9.17) is 10.4 Å². The second-order valence-electron chi connectivity index (χ2n) is 4.70. The molecule has 22 heavy (non-hydrogen) atoms. The van der Waals surface area contributed by atoms with Crippen molar-refractivity contribution >= 4 is 17.8 Å². The molecule has 0 heterocycles. The largest absolute Gasteiger partial charge is 0.481 e. The Morgan fingerprint density at radius 3 is 2.50 bits per heavy atom. The monoisotopic (exact) mass is 291 g/mol. The highest BCUT2D eigenvalue weighted by Gasteiger charge is 2.04. The lowest BCUT2D eigenvalue weighted by Crippen LogP contribution is -2.01. The number of carboxylic acid groups (broad SMARTS) is 1. The lowest BCUT2D eigenvalue weighted by atomic mass is 10.0. The Bertz CT molecular complexity index is 768. The number of rotatable bonds is 5. The lowest BCUT2D eigenvalue weighted by Gasteiger charge is -1.99. The molecule has 0 aliphatic heterocycles. The number of allylic oxidation sites excluding steroid dienone is 1. The predicted molar refractivity (Wildman–Crippen MR) is 82.3 cm³/mol. The zero-order valence-corrected chi connectivity index (χ0v) is 11.7. The van der Waals surface area contributed by atoms with Crippen LogP contribution in [0.15, 0.2) is 54.6 Å². The summed E-state index contributed by atoms with van der Waals surface area (Å²) in [7, 11) is 0. The maximum Gasteiger partial charge on any atom is 0.307 e. The summed E-state index contributed by atoms with van der Waals surface area (Å²) in [6.45, 7) is 0. The molecule has 4 heteroatoms. The Balaban J connectivity index is 2.09. The van der Waals surface area contributed by atoms with Crippen LogP contribution < -0.4 is 0 Å². The molecule has 0 aromatic heterocycles. The Kier molecular flexibility index (Phi) is 4.84. The highest BCUT2D eigenvalue weighted by molar-refractivity contribution is 6.06. The molecule has 0 spiro atoms. The van der Waals surface area contributed by atoms with Gasteiger partial charge in [0.05, 0.1) is 18.1 Å². The number of carbonyl (C=O) groups is 2. The minimum absolute atomic E-state index is 0.0642. The molecule has 0 saturated heterocycles. The molecule has 1 N–H and O–H groups in total. The molecule has 2 rings (SSSR count). The van der Waals surface area contributed by atoms with Crippen molar-refractivity contribution in [2.75, 3.05) is 0 Å². The van der Waals surface area contributed by atoms with Crippen LogP contribution in [0.25, 0.3) is 6.08 Å². The molecular formula is C18H13NO3. The van der Waals surface area contributed by atoms with E-state index in [9.17, 15) is 9.59 Å². The number of benzene rings is 2. The van der Waals surface area contributed by atoms with E-state index in [1.807, 2.05) is 6.07 Å². The van der Waals surface area contributed by atoms with Crippen LogP contribution >= 0.6 is 0 Å². The minimum atomic E-state index is -0.906. The van der Waals surface area contributed by atoms with Crippen molar-refractivity contribution in [3.05, 3.63) is 76.9 Å². The van der Waals surface area contributed by atoms with Gasteiger partial charge in [-0.15, -0.1) is 0 Å². The second-order valence-corrected chi connectivity index (χ2v) is 4.70. The van der Waals surface area contributed by atoms with Crippen LogP contribution in [0.2, 0.25) is 0 Å². The Morgan fingerprint density at radius 1 is 1.14 bits per heavy atom. The molecule has 0 bridgehead atoms. The first-order valence-electron chi connectivity index (χ1n) is 6.62. The summed E-state index contributed by atoms with van der Waals surface area (Å²) >= 11 is 0. The first-order valence-corrected chi connectivity index (χ1v) is 6.62. The molecule has 2 aromatic rings. The SMILES string of the molecule is N#Cc1cccc(/C=C/C(=O)c2ccc(CC(=O)O)cc2)c1. The number of carbonyl (C=O) groups excluding carboxylic acids is 1. The van der Waals surface area contributed by atoms with Crippen LogP contribution in [0.4, 0.5) is 0 Å². The van der Waals surface area contributed by atoms with E-state index in [1.54, 1.807) is 54.6 Å². The van der Waals surface area contributed by atoms with E-state index < -0.39 is 5.97 Å². The van der Waals surface area contributed by atoms with Crippen molar-refractivity contribution in [3.63, 3.8) is 0 Å². The number of ketones is 1. The number of hydrogen-bond donors (Lipinski definition) is 1. The number of aliphatic carboxylic acids is 1. The van der Waals surface area contributed by atoms with Gasteiger partial charge >= 0.3 is 5.97 Å². The molecule has 0 aliphatic carbocycles. The molecule has 2 aromatic carbocycles. The smallest absolute Gasteiger partial charge is 0.307 e. The number of nitriles is 1. The Morgan fingerprint density at radius 2 is 1.86 bits per heavy atom. The number of hydrogen-bond acceptors (Lipinski definition) is 3. The minimum Gasteiger partial charge on any atom is -0.481 e. The van der Waals surface area contributed by atoms with Gasteiger partial charge in [0.2, 0.25) is 0 Å². The van der Waals surface area contributed by atoms with Crippen LogP contribution in [0.1, 0.15) is 27.0 Å². The molecule has 4 nitrogen and oxygen atoms in total. The van der Waals surface area contributed by atoms with Gasteiger partial charge in [-0.1, -0.05) is 42.5 Å². The highest BCUT2D eigenvalue weighted by atomic mass is 16.4. The first-order chi connectivity index (χ1) is 10.6. The van der Waals surface area contributed by atoms with E-state index in [2.05, 4.69) is 0 Å². The Labute approximate surface area is 127 Å².